The van der Waals surface area contributed by atoms with Crippen molar-refractivity contribution in [3.63, 3.8) is 0 Å². The molecule has 1 aliphatic rings. The molecule has 3 rings (SSSR count). The lowest BCUT2D eigenvalue weighted by Crippen LogP contribution is -2.53. The van der Waals surface area contributed by atoms with E-state index in [1.807, 2.05) is 69.3 Å². The van der Waals surface area contributed by atoms with Crippen LogP contribution in [0.25, 0.3) is 0 Å². The second-order valence-corrected chi connectivity index (χ2v) is 8.79. The molecule has 2 amide bonds. The Morgan fingerprint density at radius 2 is 1.81 bits per heavy atom. The van der Waals surface area contributed by atoms with Crippen molar-refractivity contribution in [3.05, 3.63) is 65.2 Å². The van der Waals surface area contributed by atoms with Gasteiger partial charge in [-0.3, -0.25) is 9.59 Å². The summed E-state index contributed by atoms with van der Waals surface area (Å²) < 4.78 is 5.87. The van der Waals surface area contributed by atoms with Crippen LogP contribution < -0.4 is 10.1 Å². The van der Waals surface area contributed by atoms with Crippen LogP contribution in [0.4, 0.5) is 0 Å². The van der Waals surface area contributed by atoms with Gasteiger partial charge in [-0.1, -0.05) is 67.8 Å². The number of carbonyl (C=O) groups is 2. The van der Waals surface area contributed by atoms with Crippen molar-refractivity contribution in [3.8, 4) is 5.75 Å². The summed E-state index contributed by atoms with van der Waals surface area (Å²) in [5.41, 5.74) is 3.30. The van der Waals surface area contributed by atoms with E-state index >= 15 is 0 Å². The van der Waals surface area contributed by atoms with Crippen LogP contribution in [0.2, 0.25) is 0 Å². The third-order valence-electron chi connectivity index (χ3n) is 6.25. The highest BCUT2D eigenvalue weighted by Gasteiger charge is 2.30. The van der Waals surface area contributed by atoms with Crippen molar-refractivity contribution in [2.75, 3.05) is 13.2 Å². The predicted molar refractivity (Wildman–Crippen MR) is 128 cm³/mol. The van der Waals surface area contributed by atoms with Crippen LogP contribution in [0.15, 0.2) is 48.5 Å². The lowest BCUT2D eigenvalue weighted by molar-refractivity contribution is -0.142. The third-order valence-corrected chi connectivity index (χ3v) is 6.25. The first-order chi connectivity index (χ1) is 15.5. The first kappa shape index (κ1) is 23.8. The van der Waals surface area contributed by atoms with Gasteiger partial charge in [-0.15, -0.1) is 0 Å². The minimum absolute atomic E-state index is 0.0488. The van der Waals surface area contributed by atoms with Crippen LogP contribution in [0, 0.1) is 13.8 Å². The number of hydrogen-bond acceptors (Lipinski definition) is 3. The Bertz CT molecular complexity index is 891. The molecule has 32 heavy (non-hydrogen) atoms. The second-order valence-electron chi connectivity index (χ2n) is 8.79. The molecule has 2 aromatic rings. The van der Waals surface area contributed by atoms with Crippen molar-refractivity contribution < 1.29 is 14.3 Å². The molecular weight excluding hydrogens is 400 g/mol. The molecule has 5 nitrogen and oxygen atoms in total. The van der Waals surface area contributed by atoms with Crippen LogP contribution >= 0.6 is 0 Å². The Balaban J connectivity index is 1.71. The highest BCUT2D eigenvalue weighted by molar-refractivity contribution is 5.88. The van der Waals surface area contributed by atoms with Crippen LogP contribution in [-0.2, 0) is 16.0 Å². The molecule has 1 fully saturated rings. The SMILES string of the molecule is CC[C@@H](C(=O)NC1CCCC1)N(CCc1ccccc1)C(=O)COc1ccc(C)cc1C. The number of nitrogens with one attached hydrogen (secondary N) is 1. The number of amides is 2. The molecule has 172 valence electrons. The average Bonchev–Trinajstić information content (AvgIpc) is 3.29. The molecule has 0 unspecified atom stereocenters. The van der Waals surface area contributed by atoms with Crippen molar-refractivity contribution in [2.24, 2.45) is 0 Å². The number of rotatable bonds is 10. The molecule has 1 aliphatic carbocycles. The van der Waals surface area contributed by atoms with E-state index in [0.717, 1.165) is 42.4 Å². The topological polar surface area (TPSA) is 58.6 Å². The molecule has 1 atom stereocenters. The Kier molecular flexibility index (Phi) is 8.72. The predicted octanol–water partition coefficient (Wildman–Crippen LogP) is 4.59. The van der Waals surface area contributed by atoms with Crippen LogP contribution in [0.5, 0.6) is 5.75 Å². The van der Waals surface area contributed by atoms with E-state index in [2.05, 4.69) is 5.32 Å². The molecule has 0 radical (unpaired) electrons. The molecule has 0 heterocycles. The fraction of sp³-hybridized carbons (Fsp3) is 0.481. The molecule has 1 saturated carbocycles. The van der Waals surface area contributed by atoms with Gasteiger partial charge in [0, 0.05) is 12.6 Å². The molecule has 1 N–H and O–H groups in total. The standard InChI is InChI=1S/C27H36N2O3/c1-4-24(27(31)28-23-12-8-9-13-23)29(17-16-22-10-6-5-7-11-22)26(30)19-32-25-15-14-20(2)18-21(25)3/h5-7,10-11,14-15,18,23-24H,4,8-9,12-13,16-17,19H2,1-3H3,(H,28,31)/t24-/m0/s1. The molecule has 0 aliphatic heterocycles. The fourth-order valence-corrected chi connectivity index (χ4v) is 4.45. The molecular formula is C27H36N2O3. The van der Waals surface area contributed by atoms with Gasteiger partial charge < -0.3 is 15.0 Å². The highest BCUT2D eigenvalue weighted by Crippen LogP contribution is 2.20. The summed E-state index contributed by atoms with van der Waals surface area (Å²) in [6.45, 7) is 6.38. The number of benzene rings is 2. The molecule has 0 saturated heterocycles. The van der Waals surface area contributed by atoms with Crippen molar-refractivity contribution >= 4 is 11.8 Å². The quantitative estimate of drug-likeness (QED) is 0.593. The third kappa shape index (κ3) is 6.59. The summed E-state index contributed by atoms with van der Waals surface area (Å²) in [5, 5.41) is 3.18. The second kappa shape index (κ2) is 11.7. The lowest BCUT2D eigenvalue weighted by Gasteiger charge is -2.31. The average molecular weight is 437 g/mol. The first-order valence-corrected chi connectivity index (χ1v) is 11.8. The van der Waals surface area contributed by atoms with Gasteiger partial charge in [0.25, 0.3) is 5.91 Å². The van der Waals surface area contributed by atoms with E-state index in [1.165, 1.54) is 0 Å². The van der Waals surface area contributed by atoms with Crippen molar-refractivity contribution in [2.45, 2.75) is 71.4 Å². The highest BCUT2D eigenvalue weighted by atomic mass is 16.5. The number of carbonyl (C=O) groups excluding carboxylic acids is 2. The van der Waals surface area contributed by atoms with Crippen LogP contribution in [0.3, 0.4) is 0 Å². The Morgan fingerprint density at radius 1 is 1.09 bits per heavy atom. The van der Waals surface area contributed by atoms with Gasteiger partial charge in [0.15, 0.2) is 6.61 Å². The maximum absolute atomic E-state index is 13.3. The maximum atomic E-state index is 13.3. The number of nitrogens with zero attached hydrogens (tertiary/aromatic N) is 1. The Labute approximate surface area is 192 Å². The molecule has 0 bridgehead atoms. The minimum atomic E-state index is -0.491. The molecule has 2 aromatic carbocycles. The molecule has 5 heteroatoms. The summed E-state index contributed by atoms with van der Waals surface area (Å²) in [5.74, 6) is 0.497. The number of hydrogen-bond donors (Lipinski definition) is 1. The Hall–Kier alpha value is -2.82. The zero-order valence-electron chi connectivity index (χ0n) is 19.6. The van der Waals surface area contributed by atoms with Crippen LogP contribution in [-0.4, -0.2) is 41.9 Å². The normalized spacial score (nSPS) is 14.7. The largest absolute Gasteiger partial charge is 0.483 e. The van der Waals surface area contributed by atoms with Gasteiger partial charge in [-0.25, -0.2) is 0 Å². The Morgan fingerprint density at radius 3 is 2.47 bits per heavy atom. The van der Waals surface area contributed by atoms with E-state index in [-0.39, 0.29) is 24.5 Å². The fourth-order valence-electron chi connectivity index (χ4n) is 4.45. The molecule has 0 aromatic heterocycles. The lowest BCUT2D eigenvalue weighted by atomic mass is 10.1. The summed E-state index contributed by atoms with van der Waals surface area (Å²) >= 11 is 0. The van der Waals surface area contributed by atoms with Gasteiger partial charge in [0.05, 0.1) is 0 Å². The van der Waals surface area contributed by atoms with Crippen molar-refractivity contribution in [1.29, 1.82) is 0 Å². The van der Waals surface area contributed by atoms with Crippen molar-refractivity contribution in [1.82, 2.24) is 10.2 Å². The van der Waals surface area contributed by atoms with E-state index in [4.69, 9.17) is 4.74 Å². The van der Waals surface area contributed by atoms with Gasteiger partial charge in [-0.05, 0) is 56.7 Å². The monoisotopic (exact) mass is 436 g/mol. The summed E-state index contributed by atoms with van der Waals surface area (Å²) in [6, 6.07) is 15.7. The zero-order chi connectivity index (χ0) is 22.9. The van der Waals surface area contributed by atoms with E-state index in [9.17, 15) is 9.59 Å². The number of ether oxygens (including phenoxy) is 1. The summed E-state index contributed by atoms with van der Waals surface area (Å²) in [4.78, 5) is 28.1. The van der Waals surface area contributed by atoms with E-state index < -0.39 is 6.04 Å². The van der Waals surface area contributed by atoms with Gasteiger partial charge in [0.1, 0.15) is 11.8 Å². The maximum Gasteiger partial charge on any atom is 0.261 e. The van der Waals surface area contributed by atoms with Gasteiger partial charge in [0.2, 0.25) is 5.91 Å². The minimum Gasteiger partial charge on any atom is -0.483 e. The summed E-state index contributed by atoms with van der Waals surface area (Å²) in [6.07, 6.45) is 5.63. The van der Waals surface area contributed by atoms with Gasteiger partial charge in [-0.2, -0.15) is 0 Å². The zero-order valence-corrected chi connectivity index (χ0v) is 19.6. The van der Waals surface area contributed by atoms with Gasteiger partial charge >= 0.3 is 0 Å². The number of aryl methyl sites for hydroxylation is 2. The first-order valence-electron chi connectivity index (χ1n) is 11.8. The van der Waals surface area contributed by atoms with Crippen LogP contribution in [0.1, 0.15) is 55.7 Å². The van der Waals surface area contributed by atoms with E-state index in [1.54, 1.807) is 4.90 Å². The van der Waals surface area contributed by atoms with E-state index in [0.29, 0.717) is 25.1 Å². The smallest absolute Gasteiger partial charge is 0.261 e. The molecule has 0 spiro atoms. The summed E-state index contributed by atoms with van der Waals surface area (Å²) in [7, 11) is 0.